The monoisotopic (exact) mass is 392 g/mol. The molecule has 0 bridgehead atoms. The molecule has 0 spiro atoms. The first kappa shape index (κ1) is 17.2. The first-order valence-corrected chi connectivity index (χ1v) is 10.9. The molecule has 1 aromatic carbocycles. The number of rotatable bonds is 6. The van der Waals surface area contributed by atoms with Crippen LogP contribution in [0.2, 0.25) is 0 Å². The SMILES string of the molecule is O=S1(=O)CCC(Cc2nnc(SCc3nc(-c4ccccc4)no3)o2)C1. The maximum Gasteiger partial charge on any atom is 0.277 e. The number of nitrogens with zero attached hydrogens (tertiary/aromatic N) is 4. The second-order valence-corrected chi connectivity index (χ2v) is 9.26. The van der Waals surface area contributed by atoms with E-state index in [4.69, 9.17) is 8.94 Å². The summed E-state index contributed by atoms with van der Waals surface area (Å²) in [5.74, 6) is 2.38. The van der Waals surface area contributed by atoms with Crippen LogP contribution < -0.4 is 0 Å². The number of sulfone groups is 1. The molecule has 8 nitrogen and oxygen atoms in total. The van der Waals surface area contributed by atoms with Gasteiger partial charge in [0, 0.05) is 12.0 Å². The van der Waals surface area contributed by atoms with Crippen molar-refractivity contribution < 1.29 is 17.4 Å². The van der Waals surface area contributed by atoms with Crippen molar-refractivity contribution in [1.82, 2.24) is 20.3 Å². The van der Waals surface area contributed by atoms with Crippen molar-refractivity contribution in [2.24, 2.45) is 5.92 Å². The summed E-state index contributed by atoms with van der Waals surface area (Å²) in [4.78, 5) is 4.35. The Hall–Kier alpha value is -2.20. The lowest BCUT2D eigenvalue weighted by Crippen LogP contribution is -2.07. The molecule has 1 unspecified atom stereocenters. The fourth-order valence-corrected chi connectivity index (χ4v) is 5.28. The van der Waals surface area contributed by atoms with Crippen molar-refractivity contribution in [1.29, 1.82) is 0 Å². The zero-order valence-corrected chi connectivity index (χ0v) is 15.4. The fraction of sp³-hybridized carbons (Fsp3) is 0.375. The van der Waals surface area contributed by atoms with Crippen molar-refractivity contribution in [3.05, 3.63) is 42.1 Å². The van der Waals surface area contributed by atoms with E-state index >= 15 is 0 Å². The summed E-state index contributed by atoms with van der Waals surface area (Å²) >= 11 is 1.31. The topological polar surface area (TPSA) is 112 Å². The van der Waals surface area contributed by atoms with Crippen molar-refractivity contribution in [2.75, 3.05) is 11.5 Å². The Balaban J connectivity index is 1.33. The molecule has 1 fully saturated rings. The Bertz CT molecular complexity index is 985. The van der Waals surface area contributed by atoms with Gasteiger partial charge in [-0.25, -0.2) is 8.42 Å². The maximum absolute atomic E-state index is 11.5. The van der Waals surface area contributed by atoms with Crippen LogP contribution in [0.25, 0.3) is 11.4 Å². The molecule has 26 heavy (non-hydrogen) atoms. The molecule has 1 saturated heterocycles. The largest absolute Gasteiger partial charge is 0.416 e. The molecule has 1 aliphatic heterocycles. The van der Waals surface area contributed by atoms with Crippen molar-refractivity contribution >= 4 is 21.6 Å². The Morgan fingerprint density at radius 3 is 2.77 bits per heavy atom. The number of hydrogen-bond donors (Lipinski definition) is 0. The molecule has 0 amide bonds. The van der Waals surface area contributed by atoms with Crippen LogP contribution in [0.15, 0.2) is 44.5 Å². The molecule has 0 saturated carbocycles. The van der Waals surface area contributed by atoms with Crippen molar-refractivity contribution in [2.45, 2.75) is 23.8 Å². The summed E-state index contributed by atoms with van der Waals surface area (Å²) in [6.45, 7) is 0. The van der Waals surface area contributed by atoms with Crippen LogP contribution in [0.5, 0.6) is 0 Å². The van der Waals surface area contributed by atoms with E-state index in [1.165, 1.54) is 11.8 Å². The van der Waals surface area contributed by atoms with Crippen LogP contribution in [0, 0.1) is 5.92 Å². The van der Waals surface area contributed by atoms with Gasteiger partial charge in [0.25, 0.3) is 5.22 Å². The van der Waals surface area contributed by atoms with Crippen LogP contribution in [0.1, 0.15) is 18.2 Å². The third kappa shape index (κ3) is 4.13. The van der Waals surface area contributed by atoms with Gasteiger partial charge in [0.1, 0.15) is 0 Å². The highest BCUT2D eigenvalue weighted by atomic mass is 32.2. The summed E-state index contributed by atoms with van der Waals surface area (Å²) < 4.78 is 33.8. The van der Waals surface area contributed by atoms with Crippen LogP contribution in [0.3, 0.4) is 0 Å². The van der Waals surface area contributed by atoms with E-state index in [-0.39, 0.29) is 17.4 Å². The molecule has 3 heterocycles. The highest BCUT2D eigenvalue weighted by Gasteiger charge is 2.29. The van der Waals surface area contributed by atoms with Gasteiger partial charge in [0.15, 0.2) is 9.84 Å². The quantitative estimate of drug-likeness (QED) is 0.583. The van der Waals surface area contributed by atoms with Gasteiger partial charge in [-0.3, -0.25) is 0 Å². The van der Waals surface area contributed by atoms with Crippen LogP contribution in [-0.4, -0.2) is 40.3 Å². The van der Waals surface area contributed by atoms with Gasteiger partial charge in [0.2, 0.25) is 17.6 Å². The Morgan fingerprint density at radius 1 is 1.15 bits per heavy atom. The molecule has 1 atom stereocenters. The van der Waals surface area contributed by atoms with E-state index < -0.39 is 9.84 Å². The lowest BCUT2D eigenvalue weighted by Gasteiger charge is -2.01. The molecule has 0 N–H and O–H groups in total. The molecule has 1 aliphatic rings. The second-order valence-electron chi connectivity index (χ2n) is 6.10. The summed E-state index contributed by atoms with van der Waals surface area (Å²) in [6, 6.07) is 9.57. The zero-order chi connectivity index (χ0) is 18.0. The van der Waals surface area contributed by atoms with Gasteiger partial charge in [-0.1, -0.05) is 47.3 Å². The highest BCUT2D eigenvalue weighted by Crippen LogP contribution is 2.26. The van der Waals surface area contributed by atoms with E-state index in [0.29, 0.717) is 41.4 Å². The third-order valence-corrected chi connectivity index (χ3v) is 6.70. The molecule has 0 aliphatic carbocycles. The molecular weight excluding hydrogens is 376 g/mol. The van der Waals surface area contributed by atoms with Gasteiger partial charge in [-0.15, -0.1) is 10.2 Å². The van der Waals surface area contributed by atoms with Gasteiger partial charge in [-0.2, -0.15) is 4.98 Å². The first-order chi connectivity index (χ1) is 12.6. The number of hydrogen-bond acceptors (Lipinski definition) is 9. The average Bonchev–Trinajstić information content (AvgIpc) is 3.34. The molecule has 2 aromatic heterocycles. The molecule has 4 rings (SSSR count). The van der Waals surface area contributed by atoms with Crippen LogP contribution in [-0.2, 0) is 22.0 Å². The molecular formula is C16H16N4O4S2. The standard InChI is InChI=1S/C16H16N4O4S2/c21-26(22)7-6-11(10-26)8-13-18-19-16(23-13)25-9-14-17-15(20-24-14)12-4-2-1-3-5-12/h1-5,11H,6-10H2. The third-order valence-electron chi connectivity index (χ3n) is 4.06. The van der Waals surface area contributed by atoms with Gasteiger partial charge in [-0.05, 0) is 12.3 Å². The minimum absolute atomic E-state index is 0.0580. The lowest BCUT2D eigenvalue weighted by molar-refractivity contribution is 0.383. The van der Waals surface area contributed by atoms with Crippen LogP contribution >= 0.6 is 11.8 Å². The van der Waals surface area contributed by atoms with Crippen molar-refractivity contribution in [3.63, 3.8) is 0 Å². The predicted molar refractivity (Wildman–Crippen MR) is 94.1 cm³/mol. The summed E-state index contributed by atoms with van der Waals surface area (Å²) in [5.41, 5.74) is 0.888. The van der Waals surface area contributed by atoms with E-state index in [2.05, 4.69) is 20.3 Å². The number of benzene rings is 1. The van der Waals surface area contributed by atoms with Gasteiger partial charge < -0.3 is 8.94 Å². The first-order valence-electron chi connectivity index (χ1n) is 8.11. The van der Waals surface area contributed by atoms with E-state index in [1.807, 2.05) is 30.3 Å². The lowest BCUT2D eigenvalue weighted by atomic mass is 10.1. The Morgan fingerprint density at radius 2 is 2.00 bits per heavy atom. The van der Waals surface area contributed by atoms with Crippen LogP contribution in [0.4, 0.5) is 0 Å². The summed E-state index contributed by atoms with van der Waals surface area (Å²) in [6.07, 6.45) is 1.14. The number of aromatic nitrogens is 4. The number of thioether (sulfide) groups is 1. The van der Waals surface area contributed by atoms with E-state index in [9.17, 15) is 8.42 Å². The van der Waals surface area contributed by atoms with Gasteiger partial charge in [0.05, 0.1) is 17.3 Å². The minimum atomic E-state index is -2.90. The van der Waals surface area contributed by atoms with E-state index in [0.717, 1.165) is 5.56 Å². The molecule has 0 radical (unpaired) electrons. The maximum atomic E-state index is 11.5. The smallest absolute Gasteiger partial charge is 0.277 e. The minimum Gasteiger partial charge on any atom is -0.416 e. The summed E-state index contributed by atoms with van der Waals surface area (Å²) in [5, 5.41) is 12.3. The predicted octanol–water partition coefficient (Wildman–Crippen LogP) is 2.39. The molecule has 3 aromatic rings. The highest BCUT2D eigenvalue weighted by molar-refractivity contribution is 7.98. The normalized spacial score (nSPS) is 19.0. The average molecular weight is 392 g/mol. The molecule has 136 valence electrons. The summed E-state index contributed by atoms with van der Waals surface area (Å²) in [7, 11) is -2.90. The molecule has 10 heteroatoms. The fourth-order valence-electron chi connectivity index (χ4n) is 2.80. The Kier molecular flexibility index (Phi) is 4.77. The second kappa shape index (κ2) is 7.20. The zero-order valence-electron chi connectivity index (χ0n) is 13.7. The Labute approximate surface area is 154 Å². The van der Waals surface area contributed by atoms with E-state index in [1.54, 1.807) is 0 Å². The van der Waals surface area contributed by atoms with Gasteiger partial charge >= 0.3 is 0 Å². The van der Waals surface area contributed by atoms with Crippen molar-refractivity contribution in [3.8, 4) is 11.4 Å².